The van der Waals surface area contributed by atoms with Crippen LogP contribution < -0.4 is 14.8 Å². The Bertz CT molecular complexity index is 476. The number of hydrogen-bond acceptors (Lipinski definition) is 3. The molecule has 1 N–H and O–H groups in total. The molecule has 0 saturated heterocycles. The van der Waals surface area contributed by atoms with Crippen LogP contribution in [0.4, 0.5) is 5.69 Å². The van der Waals surface area contributed by atoms with Crippen molar-refractivity contribution < 1.29 is 14.3 Å². The van der Waals surface area contributed by atoms with Crippen LogP contribution in [-0.4, -0.2) is 23.9 Å². The highest BCUT2D eigenvalue weighted by atomic mass is 79.9. The number of fused-ring (bicyclic) bond motifs is 1. The van der Waals surface area contributed by atoms with Crippen molar-refractivity contribution in [3.8, 4) is 11.5 Å². The van der Waals surface area contributed by atoms with Crippen LogP contribution in [0.15, 0.2) is 12.1 Å². The number of rotatable bonds is 5. The molecule has 1 amide bonds. The van der Waals surface area contributed by atoms with Crippen LogP contribution in [0, 0.1) is 0 Å². The van der Waals surface area contributed by atoms with Gasteiger partial charge in [-0.2, -0.15) is 0 Å². The fourth-order valence-corrected chi connectivity index (χ4v) is 2.47. The van der Waals surface area contributed by atoms with Crippen LogP contribution in [0.3, 0.4) is 0 Å². The largest absolute Gasteiger partial charge is 0.492 e. The summed E-state index contributed by atoms with van der Waals surface area (Å²) in [5.41, 5.74) is 1.81. The molecule has 2 rings (SSSR count). The first-order valence-electron chi connectivity index (χ1n) is 6.46. The topological polar surface area (TPSA) is 47.6 Å². The summed E-state index contributed by atoms with van der Waals surface area (Å²) < 4.78 is 11.3. The fraction of sp³-hybridized carbons (Fsp3) is 0.500. The summed E-state index contributed by atoms with van der Waals surface area (Å²) in [4.78, 5) is 11.7. The van der Waals surface area contributed by atoms with Gasteiger partial charge in [0, 0.05) is 29.8 Å². The second kappa shape index (κ2) is 6.28. The molecule has 19 heavy (non-hydrogen) atoms. The Morgan fingerprint density at radius 3 is 3.05 bits per heavy atom. The van der Waals surface area contributed by atoms with Gasteiger partial charge in [0.25, 0.3) is 0 Å². The van der Waals surface area contributed by atoms with E-state index in [0.717, 1.165) is 17.7 Å². The molecule has 4 nitrogen and oxygen atoms in total. The molecule has 1 aromatic rings. The molecule has 0 aromatic heterocycles. The highest BCUT2D eigenvalue weighted by Crippen LogP contribution is 2.38. The molecule has 1 unspecified atom stereocenters. The van der Waals surface area contributed by atoms with E-state index in [2.05, 4.69) is 21.2 Å². The summed E-state index contributed by atoms with van der Waals surface area (Å²) in [5, 5.41) is 3.51. The minimum absolute atomic E-state index is 0.0381. The van der Waals surface area contributed by atoms with E-state index in [4.69, 9.17) is 9.47 Å². The maximum absolute atomic E-state index is 11.7. The Labute approximate surface area is 121 Å². The average molecular weight is 328 g/mol. The Balaban J connectivity index is 2.25. The number of hydrogen-bond donors (Lipinski definition) is 1. The van der Waals surface area contributed by atoms with Gasteiger partial charge >= 0.3 is 0 Å². The fourth-order valence-electron chi connectivity index (χ4n) is 2.11. The summed E-state index contributed by atoms with van der Waals surface area (Å²) >= 11 is 3.25. The summed E-state index contributed by atoms with van der Waals surface area (Å²) in [5.74, 6) is 1.51. The number of ether oxygens (including phenoxy) is 2. The first kappa shape index (κ1) is 14.2. The number of alkyl halides is 1. The van der Waals surface area contributed by atoms with Gasteiger partial charge in [-0.25, -0.2) is 0 Å². The molecule has 1 aliphatic heterocycles. The number of carbonyl (C=O) groups is 1. The van der Waals surface area contributed by atoms with Crippen molar-refractivity contribution in [1.29, 1.82) is 0 Å². The third-order valence-corrected chi connectivity index (χ3v) is 3.29. The van der Waals surface area contributed by atoms with Gasteiger partial charge in [0.2, 0.25) is 5.91 Å². The molecular formula is C14H18BrNO3. The van der Waals surface area contributed by atoms with E-state index >= 15 is 0 Å². The maximum Gasteiger partial charge on any atom is 0.225 e. The zero-order chi connectivity index (χ0) is 13.8. The molecule has 5 heteroatoms. The molecule has 0 spiro atoms. The molecule has 0 radical (unpaired) electrons. The van der Waals surface area contributed by atoms with E-state index < -0.39 is 0 Å². The Morgan fingerprint density at radius 2 is 2.37 bits per heavy atom. The predicted octanol–water partition coefficient (Wildman–Crippen LogP) is 3.13. The predicted molar refractivity (Wildman–Crippen MR) is 78.4 cm³/mol. The SMILES string of the molecule is CCOc1cc2c(cc1NC(=O)CCBr)OC(C)C2. The molecule has 0 fully saturated rings. The van der Waals surface area contributed by atoms with E-state index in [-0.39, 0.29) is 12.0 Å². The summed E-state index contributed by atoms with van der Waals surface area (Å²) in [6.45, 7) is 4.52. The maximum atomic E-state index is 11.7. The van der Waals surface area contributed by atoms with Crippen molar-refractivity contribution >= 4 is 27.5 Å². The second-order valence-electron chi connectivity index (χ2n) is 4.51. The number of carbonyl (C=O) groups excluding carboxylic acids is 1. The normalized spacial score (nSPS) is 16.7. The van der Waals surface area contributed by atoms with Gasteiger partial charge in [0.15, 0.2) is 0 Å². The third kappa shape index (κ3) is 3.41. The number of nitrogens with one attached hydrogen (secondary N) is 1. The van der Waals surface area contributed by atoms with Gasteiger partial charge in [-0.3, -0.25) is 4.79 Å². The first-order chi connectivity index (χ1) is 9.13. The summed E-state index contributed by atoms with van der Waals surface area (Å²) in [7, 11) is 0. The van der Waals surface area contributed by atoms with Gasteiger partial charge < -0.3 is 14.8 Å². The first-order valence-corrected chi connectivity index (χ1v) is 7.58. The summed E-state index contributed by atoms with van der Waals surface area (Å²) in [6.07, 6.45) is 1.49. The average Bonchev–Trinajstić information content (AvgIpc) is 2.69. The van der Waals surface area contributed by atoms with Crippen molar-refractivity contribution in [2.75, 3.05) is 17.3 Å². The van der Waals surface area contributed by atoms with E-state index in [0.29, 0.717) is 29.8 Å². The van der Waals surface area contributed by atoms with E-state index in [1.54, 1.807) is 0 Å². The Hall–Kier alpha value is -1.23. The molecule has 1 atom stereocenters. The van der Waals surface area contributed by atoms with Crippen LogP contribution in [-0.2, 0) is 11.2 Å². The molecule has 1 aliphatic rings. The van der Waals surface area contributed by atoms with Gasteiger partial charge in [0.05, 0.1) is 12.3 Å². The quantitative estimate of drug-likeness (QED) is 0.845. The van der Waals surface area contributed by atoms with E-state index in [1.807, 2.05) is 26.0 Å². The lowest BCUT2D eigenvalue weighted by atomic mass is 10.1. The van der Waals surface area contributed by atoms with Gasteiger partial charge in [0.1, 0.15) is 17.6 Å². The van der Waals surface area contributed by atoms with Crippen molar-refractivity contribution in [2.24, 2.45) is 0 Å². The number of amides is 1. The standard InChI is InChI=1S/C14H18BrNO3/c1-3-18-13-7-10-6-9(2)19-12(10)8-11(13)16-14(17)4-5-15/h7-9H,3-6H2,1-2H3,(H,16,17). The zero-order valence-electron chi connectivity index (χ0n) is 11.2. The van der Waals surface area contributed by atoms with Crippen molar-refractivity contribution in [3.63, 3.8) is 0 Å². The van der Waals surface area contributed by atoms with Crippen molar-refractivity contribution in [1.82, 2.24) is 0 Å². The van der Waals surface area contributed by atoms with E-state index in [1.165, 1.54) is 0 Å². The molecular weight excluding hydrogens is 310 g/mol. The number of anilines is 1. The van der Waals surface area contributed by atoms with Crippen LogP contribution in [0.25, 0.3) is 0 Å². The Kier molecular flexibility index (Phi) is 4.69. The molecule has 0 saturated carbocycles. The van der Waals surface area contributed by atoms with Crippen LogP contribution in [0.5, 0.6) is 11.5 Å². The van der Waals surface area contributed by atoms with Crippen molar-refractivity contribution in [3.05, 3.63) is 17.7 Å². The van der Waals surface area contributed by atoms with Gasteiger partial charge in [-0.15, -0.1) is 0 Å². The van der Waals surface area contributed by atoms with Crippen LogP contribution >= 0.6 is 15.9 Å². The third-order valence-electron chi connectivity index (χ3n) is 2.89. The molecule has 0 bridgehead atoms. The van der Waals surface area contributed by atoms with Crippen LogP contribution in [0.2, 0.25) is 0 Å². The highest BCUT2D eigenvalue weighted by molar-refractivity contribution is 9.09. The number of halogens is 1. The van der Waals surface area contributed by atoms with Gasteiger partial charge in [-0.1, -0.05) is 15.9 Å². The van der Waals surface area contributed by atoms with Crippen molar-refractivity contribution in [2.45, 2.75) is 32.8 Å². The smallest absolute Gasteiger partial charge is 0.225 e. The van der Waals surface area contributed by atoms with Gasteiger partial charge in [-0.05, 0) is 19.9 Å². The lowest BCUT2D eigenvalue weighted by Crippen LogP contribution is -2.13. The number of benzene rings is 1. The highest BCUT2D eigenvalue weighted by Gasteiger charge is 2.22. The molecule has 0 aliphatic carbocycles. The molecule has 1 aromatic carbocycles. The molecule has 1 heterocycles. The minimum atomic E-state index is -0.0381. The minimum Gasteiger partial charge on any atom is -0.492 e. The van der Waals surface area contributed by atoms with Crippen LogP contribution in [0.1, 0.15) is 25.8 Å². The lowest BCUT2D eigenvalue weighted by molar-refractivity contribution is -0.115. The zero-order valence-corrected chi connectivity index (χ0v) is 12.7. The second-order valence-corrected chi connectivity index (χ2v) is 5.30. The lowest BCUT2D eigenvalue weighted by Gasteiger charge is -2.13. The monoisotopic (exact) mass is 327 g/mol. The Morgan fingerprint density at radius 1 is 1.58 bits per heavy atom. The van der Waals surface area contributed by atoms with E-state index in [9.17, 15) is 4.79 Å². The summed E-state index contributed by atoms with van der Waals surface area (Å²) in [6, 6.07) is 3.82. The molecule has 104 valence electrons.